The van der Waals surface area contributed by atoms with Crippen LogP contribution in [0, 0.1) is 6.92 Å². The van der Waals surface area contributed by atoms with Gasteiger partial charge in [0.25, 0.3) is 0 Å². The molecule has 6 nitrogen and oxygen atoms in total. The summed E-state index contributed by atoms with van der Waals surface area (Å²) in [6, 6.07) is 4.18. The molecule has 2 aliphatic rings. The molecule has 0 radical (unpaired) electrons. The smallest absolute Gasteiger partial charge is 0.169 e. The van der Waals surface area contributed by atoms with Crippen LogP contribution in [0.5, 0.6) is 11.5 Å². The van der Waals surface area contributed by atoms with Gasteiger partial charge in [-0.2, -0.15) is 0 Å². The summed E-state index contributed by atoms with van der Waals surface area (Å²) in [6.07, 6.45) is 2.62. The van der Waals surface area contributed by atoms with Gasteiger partial charge in [-0.15, -0.1) is 0 Å². The van der Waals surface area contributed by atoms with Crippen LogP contribution in [0.1, 0.15) is 24.0 Å². The molecule has 2 saturated heterocycles. The van der Waals surface area contributed by atoms with Gasteiger partial charge in [0.1, 0.15) is 6.54 Å². The molecule has 7 heteroatoms. The Morgan fingerprint density at radius 1 is 1.26 bits per heavy atom. The van der Waals surface area contributed by atoms with Gasteiger partial charge in [-0.05, 0) is 49.7 Å². The van der Waals surface area contributed by atoms with E-state index in [4.69, 9.17) is 26.4 Å². The molecule has 27 heavy (non-hydrogen) atoms. The first-order chi connectivity index (χ1) is 13.1. The van der Waals surface area contributed by atoms with Crippen LogP contribution in [-0.2, 0) is 11.3 Å². The number of benzene rings is 1. The topological polar surface area (TPSA) is 47.4 Å². The third-order valence-corrected chi connectivity index (χ3v) is 5.95. The van der Waals surface area contributed by atoms with E-state index in [0.29, 0.717) is 6.10 Å². The molecular formula is C20H32N3O3S+. The molecule has 2 heterocycles. The zero-order valence-corrected chi connectivity index (χ0v) is 17.5. The first-order valence-electron chi connectivity index (χ1n) is 9.80. The summed E-state index contributed by atoms with van der Waals surface area (Å²) in [4.78, 5) is 3.86. The van der Waals surface area contributed by atoms with Gasteiger partial charge in [-0.3, -0.25) is 0 Å². The van der Waals surface area contributed by atoms with Crippen LogP contribution in [0.4, 0.5) is 0 Å². The van der Waals surface area contributed by atoms with Crippen molar-refractivity contribution >= 4 is 17.3 Å². The quantitative estimate of drug-likeness (QED) is 0.695. The van der Waals surface area contributed by atoms with Gasteiger partial charge < -0.3 is 29.3 Å². The first-order valence-corrected chi connectivity index (χ1v) is 10.2. The number of hydrogen-bond acceptors (Lipinski definition) is 4. The van der Waals surface area contributed by atoms with E-state index < -0.39 is 0 Å². The second-order valence-corrected chi connectivity index (χ2v) is 7.76. The molecule has 2 aliphatic heterocycles. The minimum atomic E-state index is 0.322. The van der Waals surface area contributed by atoms with Crippen molar-refractivity contribution in [3.63, 3.8) is 0 Å². The predicted molar refractivity (Wildman–Crippen MR) is 110 cm³/mol. The standard InChI is InChI=1S/C20H31N3O3S/c1-15-11-18(24-2)19(25-3)12-16(15)14-22-6-8-23(9-7-22)20(27)21-13-17-5-4-10-26-17/h11-12,17H,4-10,13-14H2,1-3H3,(H,21,27)/p+1/t17-/m1/s1. The van der Waals surface area contributed by atoms with Crippen LogP contribution in [0.2, 0.25) is 0 Å². The van der Waals surface area contributed by atoms with Gasteiger partial charge in [0.15, 0.2) is 16.6 Å². The maximum Gasteiger partial charge on any atom is 0.169 e. The lowest BCUT2D eigenvalue weighted by atomic mass is 10.1. The molecular weight excluding hydrogens is 362 g/mol. The van der Waals surface area contributed by atoms with E-state index in [0.717, 1.165) is 75.3 Å². The van der Waals surface area contributed by atoms with Crippen LogP contribution >= 0.6 is 12.2 Å². The fourth-order valence-electron chi connectivity index (χ4n) is 3.80. The van der Waals surface area contributed by atoms with Crippen molar-refractivity contribution in [1.82, 2.24) is 10.2 Å². The van der Waals surface area contributed by atoms with E-state index in [9.17, 15) is 0 Å². The summed E-state index contributed by atoms with van der Waals surface area (Å²) in [5.41, 5.74) is 2.56. The van der Waals surface area contributed by atoms with E-state index in [-0.39, 0.29) is 0 Å². The van der Waals surface area contributed by atoms with Gasteiger partial charge in [0.2, 0.25) is 0 Å². The third kappa shape index (κ3) is 5.24. The van der Waals surface area contributed by atoms with Gasteiger partial charge in [-0.25, -0.2) is 0 Å². The second kappa shape index (κ2) is 9.57. The van der Waals surface area contributed by atoms with Crippen LogP contribution in [0.15, 0.2) is 12.1 Å². The van der Waals surface area contributed by atoms with Crippen molar-refractivity contribution in [2.24, 2.45) is 0 Å². The summed E-state index contributed by atoms with van der Waals surface area (Å²) in [5.74, 6) is 1.59. The molecule has 3 rings (SSSR count). The van der Waals surface area contributed by atoms with Crippen LogP contribution in [0.25, 0.3) is 0 Å². The molecule has 0 aliphatic carbocycles. The first kappa shape index (κ1) is 20.2. The zero-order valence-electron chi connectivity index (χ0n) is 16.7. The lowest BCUT2D eigenvalue weighted by Gasteiger charge is -2.34. The van der Waals surface area contributed by atoms with E-state index in [1.807, 2.05) is 0 Å². The Morgan fingerprint density at radius 2 is 1.96 bits per heavy atom. The maximum atomic E-state index is 5.66. The maximum absolute atomic E-state index is 5.66. The monoisotopic (exact) mass is 394 g/mol. The number of piperazine rings is 1. The lowest BCUT2D eigenvalue weighted by Crippen LogP contribution is -3.13. The summed E-state index contributed by atoms with van der Waals surface area (Å²) >= 11 is 5.58. The zero-order chi connectivity index (χ0) is 19.2. The number of quaternary nitrogens is 1. The molecule has 0 amide bonds. The van der Waals surface area contributed by atoms with E-state index in [1.54, 1.807) is 19.1 Å². The highest BCUT2D eigenvalue weighted by Crippen LogP contribution is 2.29. The molecule has 0 spiro atoms. The fourth-order valence-corrected chi connectivity index (χ4v) is 4.07. The van der Waals surface area contributed by atoms with E-state index in [1.165, 1.54) is 11.1 Å². The molecule has 0 aromatic heterocycles. The van der Waals surface area contributed by atoms with Crippen LogP contribution in [0.3, 0.4) is 0 Å². The number of aryl methyl sites for hydroxylation is 1. The molecule has 0 unspecified atom stereocenters. The van der Waals surface area contributed by atoms with Crippen molar-refractivity contribution in [3.8, 4) is 11.5 Å². The second-order valence-electron chi connectivity index (χ2n) is 7.37. The van der Waals surface area contributed by atoms with Gasteiger partial charge in [0.05, 0.1) is 46.5 Å². The highest BCUT2D eigenvalue weighted by molar-refractivity contribution is 7.80. The minimum absolute atomic E-state index is 0.322. The third-order valence-electron chi connectivity index (χ3n) is 5.55. The highest BCUT2D eigenvalue weighted by Gasteiger charge is 2.24. The number of rotatable bonds is 6. The number of nitrogens with zero attached hydrogens (tertiary/aromatic N) is 1. The Labute approximate surface area is 167 Å². The molecule has 1 aromatic rings. The van der Waals surface area contributed by atoms with Crippen molar-refractivity contribution in [2.45, 2.75) is 32.4 Å². The summed E-state index contributed by atoms with van der Waals surface area (Å²) in [5, 5.41) is 4.26. The Balaban J connectivity index is 1.48. The fraction of sp³-hybridized carbons (Fsp3) is 0.650. The SMILES string of the molecule is COc1cc(C)c(C[NH+]2CCN(C(=S)NC[C@H]3CCCO3)CC2)cc1OC. The Kier molecular flexibility index (Phi) is 7.15. The van der Waals surface area contributed by atoms with E-state index >= 15 is 0 Å². The Hall–Kier alpha value is -1.57. The van der Waals surface area contributed by atoms with Crippen molar-refractivity contribution in [1.29, 1.82) is 0 Å². The molecule has 0 bridgehead atoms. The summed E-state index contributed by atoms with van der Waals surface area (Å²) in [7, 11) is 3.37. The molecule has 2 N–H and O–H groups in total. The predicted octanol–water partition coefficient (Wildman–Crippen LogP) is 0.766. The van der Waals surface area contributed by atoms with Crippen molar-refractivity contribution in [3.05, 3.63) is 23.3 Å². The van der Waals surface area contributed by atoms with Crippen molar-refractivity contribution in [2.75, 3.05) is 53.6 Å². The van der Waals surface area contributed by atoms with Crippen LogP contribution in [-0.4, -0.2) is 69.7 Å². The number of nitrogens with one attached hydrogen (secondary N) is 2. The molecule has 0 saturated carbocycles. The molecule has 150 valence electrons. The van der Waals surface area contributed by atoms with Crippen LogP contribution < -0.4 is 19.7 Å². The largest absolute Gasteiger partial charge is 0.493 e. The number of hydrogen-bond donors (Lipinski definition) is 2. The number of thiocarbonyl (C=S) groups is 1. The summed E-state index contributed by atoms with van der Waals surface area (Å²) in [6.45, 7) is 8.98. The van der Waals surface area contributed by atoms with E-state index in [2.05, 4.69) is 29.3 Å². The van der Waals surface area contributed by atoms with Crippen molar-refractivity contribution < 1.29 is 19.1 Å². The molecule has 1 atom stereocenters. The average molecular weight is 395 g/mol. The minimum Gasteiger partial charge on any atom is -0.493 e. The Bertz CT molecular complexity index is 642. The average Bonchev–Trinajstić information content (AvgIpc) is 3.21. The van der Waals surface area contributed by atoms with Gasteiger partial charge in [-0.1, -0.05) is 0 Å². The summed E-state index contributed by atoms with van der Waals surface area (Å²) < 4.78 is 16.5. The Morgan fingerprint density at radius 3 is 2.59 bits per heavy atom. The number of ether oxygens (including phenoxy) is 3. The van der Waals surface area contributed by atoms with Gasteiger partial charge in [0, 0.05) is 18.7 Å². The molecule has 1 aromatic carbocycles. The number of methoxy groups -OCH3 is 2. The van der Waals surface area contributed by atoms with Gasteiger partial charge >= 0.3 is 0 Å². The highest BCUT2D eigenvalue weighted by atomic mass is 32.1. The molecule has 2 fully saturated rings. The normalized spacial score (nSPS) is 20.6. The lowest BCUT2D eigenvalue weighted by molar-refractivity contribution is -0.917.